The van der Waals surface area contributed by atoms with Crippen molar-refractivity contribution in [2.24, 2.45) is 5.41 Å². The van der Waals surface area contributed by atoms with Gasteiger partial charge in [0.25, 0.3) is 0 Å². The number of aliphatic hydroxyl groups is 1. The van der Waals surface area contributed by atoms with Crippen LogP contribution in [0, 0.1) is 5.41 Å². The number of aliphatic hydroxyl groups excluding tert-OH is 1. The minimum absolute atomic E-state index is 0.107. The molecular weight excluding hydrogens is 290 g/mol. The van der Waals surface area contributed by atoms with E-state index in [9.17, 15) is 9.90 Å². The lowest BCUT2D eigenvalue weighted by atomic mass is 10.0. The number of carbonyl (C=O) groups excluding carboxylic acids is 1. The van der Waals surface area contributed by atoms with Crippen molar-refractivity contribution in [1.82, 2.24) is 15.6 Å². The van der Waals surface area contributed by atoms with Gasteiger partial charge in [0.05, 0.1) is 18.3 Å². The first kappa shape index (κ1) is 15.5. The highest BCUT2D eigenvalue weighted by molar-refractivity contribution is 5.75. The molecule has 1 aromatic heterocycles. The highest BCUT2D eigenvalue weighted by Gasteiger charge is 2.42. The Kier molecular flexibility index (Phi) is 4.57. The summed E-state index contributed by atoms with van der Waals surface area (Å²) in [7, 11) is 0. The minimum atomic E-state index is -0.304. The van der Waals surface area contributed by atoms with Crippen molar-refractivity contribution in [2.45, 2.75) is 18.9 Å². The Morgan fingerprint density at radius 2 is 1.91 bits per heavy atom. The summed E-state index contributed by atoms with van der Waals surface area (Å²) in [5, 5.41) is 15.2. The summed E-state index contributed by atoms with van der Waals surface area (Å²) in [6.07, 6.45) is 3.65. The molecule has 0 spiro atoms. The molecule has 2 aromatic rings. The SMILES string of the molecule is O=C(NCC1(CO)CC1)NC(c1ccccc1)c1ccccn1. The van der Waals surface area contributed by atoms with Gasteiger partial charge in [-0.1, -0.05) is 36.4 Å². The number of urea groups is 1. The molecule has 0 saturated heterocycles. The Morgan fingerprint density at radius 3 is 2.52 bits per heavy atom. The Bertz CT molecular complexity index is 602. The number of carbonyl (C=O) groups is 1. The maximum atomic E-state index is 12.3. The van der Waals surface area contributed by atoms with Crippen LogP contribution in [0.1, 0.15) is 30.1 Å². The normalized spacial score (nSPS) is 16.4. The second-order valence-corrected chi connectivity index (χ2v) is 6.08. The van der Waals surface area contributed by atoms with Gasteiger partial charge in [-0.15, -0.1) is 0 Å². The van der Waals surface area contributed by atoms with Gasteiger partial charge in [0, 0.05) is 18.2 Å². The number of benzene rings is 1. The lowest BCUT2D eigenvalue weighted by molar-refractivity contribution is 0.202. The predicted molar refractivity (Wildman–Crippen MR) is 87.8 cm³/mol. The maximum Gasteiger partial charge on any atom is 0.315 e. The molecule has 0 aliphatic heterocycles. The van der Waals surface area contributed by atoms with Gasteiger partial charge in [0.2, 0.25) is 0 Å². The van der Waals surface area contributed by atoms with E-state index in [1.807, 2.05) is 48.5 Å². The third kappa shape index (κ3) is 3.87. The zero-order chi connectivity index (χ0) is 16.1. The topological polar surface area (TPSA) is 74.2 Å². The highest BCUT2D eigenvalue weighted by Crippen LogP contribution is 2.44. The summed E-state index contributed by atoms with van der Waals surface area (Å²) >= 11 is 0. The standard InChI is InChI=1S/C18H21N3O2/c22-13-18(9-10-18)12-20-17(23)21-16(14-6-2-1-3-7-14)15-8-4-5-11-19-15/h1-8,11,16,22H,9-10,12-13H2,(H2,20,21,23). The van der Waals surface area contributed by atoms with E-state index in [-0.39, 0.29) is 24.1 Å². The van der Waals surface area contributed by atoms with Crippen molar-refractivity contribution in [3.63, 3.8) is 0 Å². The largest absolute Gasteiger partial charge is 0.396 e. The zero-order valence-electron chi connectivity index (χ0n) is 12.9. The van der Waals surface area contributed by atoms with Gasteiger partial charge < -0.3 is 15.7 Å². The van der Waals surface area contributed by atoms with E-state index in [0.29, 0.717) is 6.54 Å². The fourth-order valence-corrected chi connectivity index (χ4v) is 2.54. The van der Waals surface area contributed by atoms with Crippen LogP contribution in [0.25, 0.3) is 0 Å². The molecule has 1 fully saturated rings. The fourth-order valence-electron chi connectivity index (χ4n) is 2.54. The van der Waals surface area contributed by atoms with Crippen LogP contribution in [-0.2, 0) is 0 Å². The quantitative estimate of drug-likeness (QED) is 0.766. The molecule has 23 heavy (non-hydrogen) atoms. The van der Waals surface area contributed by atoms with Crippen LogP contribution in [0.3, 0.4) is 0 Å². The lowest BCUT2D eigenvalue weighted by Crippen LogP contribution is -2.41. The molecule has 5 nitrogen and oxygen atoms in total. The Hall–Kier alpha value is -2.40. The van der Waals surface area contributed by atoms with Gasteiger partial charge in [-0.05, 0) is 30.5 Å². The molecule has 1 aliphatic carbocycles. The predicted octanol–water partition coefficient (Wildman–Crippen LogP) is 2.24. The Morgan fingerprint density at radius 1 is 1.17 bits per heavy atom. The van der Waals surface area contributed by atoms with Gasteiger partial charge in [-0.2, -0.15) is 0 Å². The fraction of sp³-hybridized carbons (Fsp3) is 0.333. The number of pyridine rings is 1. The summed E-state index contributed by atoms with van der Waals surface area (Å²) in [6.45, 7) is 0.620. The molecule has 1 aliphatic rings. The van der Waals surface area contributed by atoms with Gasteiger partial charge >= 0.3 is 6.03 Å². The van der Waals surface area contributed by atoms with Crippen molar-refractivity contribution >= 4 is 6.03 Å². The van der Waals surface area contributed by atoms with E-state index in [1.54, 1.807) is 6.20 Å². The molecule has 1 aromatic carbocycles. The summed E-state index contributed by atoms with van der Waals surface area (Å²) in [5.41, 5.74) is 1.66. The highest BCUT2D eigenvalue weighted by atomic mass is 16.3. The second kappa shape index (κ2) is 6.79. The molecule has 0 radical (unpaired) electrons. The molecule has 1 atom stereocenters. The maximum absolute atomic E-state index is 12.3. The van der Waals surface area contributed by atoms with Crippen LogP contribution in [0.5, 0.6) is 0 Å². The average molecular weight is 311 g/mol. The third-order valence-corrected chi connectivity index (χ3v) is 4.31. The molecule has 1 saturated carbocycles. The number of rotatable bonds is 6. The van der Waals surface area contributed by atoms with Gasteiger partial charge in [0.1, 0.15) is 0 Å². The molecule has 3 N–H and O–H groups in total. The van der Waals surface area contributed by atoms with Crippen LogP contribution >= 0.6 is 0 Å². The molecule has 3 rings (SSSR count). The third-order valence-electron chi connectivity index (χ3n) is 4.31. The smallest absolute Gasteiger partial charge is 0.315 e. The van der Waals surface area contributed by atoms with E-state index in [4.69, 9.17) is 0 Å². The molecule has 1 heterocycles. The average Bonchev–Trinajstić information content (AvgIpc) is 3.40. The first-order valence-electron chi connectivity index (χ1n) is 7.84. The van der Waals surface area contributed by atoms with Gasteiger partial charge in [-0.3, -0.25) is 4.98 Å². The van der Waals surface area contributed by atoms with Gasteiger partial charge in [-0.25, -0.2) is 4.79 Å². The van der Waals surface area contributed by atoms with E-state index in [0.717, 1.165) is 24.1 Å². The summed E-state index contributed by atoms with van der Waals surface area (Å²) in [5.74, 6) is 0. The van der Waals surface area contributed by atoms with Gasteiger partial charge in [0.15, 0.2) is 0 Å². The van der Waals surface area contributed by atoms with E-state index in [2.05, 4.69) is 15.6 Å². The van der Waals surface area contributed by atoms with Crippen molar-refractivity contribution in [3.8, 4) is 0 Å². The molecule has 5 heteroatoms. The number of hydrogen-bond donors (Lipinski definition) is 3. The first-order chi connectivity index (χ1) is 11.2. The number of hydrogen-bond acceptors (Lipinski definition) is 3. The van der Waals surface area contributed by atoms with E-state index < -0.39 is 0 Å². The molecule has 120 valence electrons. The molecule has 1 unspecified atom stereocenters. The Labute approximate surface area is 135 Å². The Balaban J connectivity index is 1.70. The van der Waals surface area contributed by atoms with E-state index in [1.165, 1.54) is 0 Å². The summed E-state index contributed by atoms with van der Waals surface area (Å²) in [4.78, 5) is 16.6. The minimum Gasteiger partial charge on any atom is -0.396 e. The van der Waals surface area contributed by atoms with Crippen LogP contribution in [0.2, 0.25) is 0 Å². The van der Waals surface area contributed by atoms with Crippen molar-refractivity contribution in [1.29, 1.82) is 0 Å². The summed E-state index contributed by atoms with van der Waals surface area (Å²) < 4.78 is 0. The van der Waals surface area contributed by atoms with Crippen LogP contribution < -0.4 is 10.6 Å². The summed E-state index contributed by atoms with van der Waals surface area (Å²) in [6, 6.07) is 14.9. The zero-order valence-corrected chi connectivity index (χ0v) is 12.9. The molecular formula is C18H21N3O2. The number of amides is 2. The monoisotopic (exact) mass is 311 g/mol. The number of nitrogens with one attached hydrogen (secondary N) is 2. The number of nitrogens with zero attached hydrogens (tertiary/aromatic N) is 1. The number of aromatic nitrogens is 1. The van der Waals surface area contributed by atoms with Crippen LogP contribution in [0.4, 0.5) is 4.79 Å². The molecule has 2 amide bonds. The molecule has 0 bridgehead atoms. The van der Waals surface area contributed by atoms with Crippen molar-refractivity contribution in [3.05, 3.63) is 66.0 Å². The lowest BCUT2D eigenvalue weighted by Gasteiger charge is -2.20. The second-order valence-electron chi connectivity index (χ2n) is 6.08. The first-order valence-corrected chi connectivity index (χ1v) is 7.84. The van der Waals surface area contributed by atoms with Crippen LogP contribution in [-0.4, -0.2) is 29.3 Å². The van der Waals surface area contributed by atoms with Crippen molar-refractivity contribution in [2.75, 3.05) is 13.2 Å². The van der Waals surface area contributed by atoms with Crippen LogP contribution in [0.15, 0.2) is 54.7 Å². The van der Waals surface area contributed by atoms with Crippen molar-refractivity contribution < 1.29 is 9.90 Å². The van der Waals surface area contributed by atoms with E-state index >= 15 is 0 Å².